The van der Waals surface area contributed by atoms with Crippen molar-refractivity contribution in [3.63, 3.8) is 0 Å². The Labute approximate surface area is 165 Å². The maximum Gasteiger partial charge on any atom is 0.236 e. The van der Waals surface area contributed by atoms with Gasteiger partial charge in [-0.3, -0.25) is 4.90 Å². The monoisotopic (exact) mass is 394 g/mol. The standard InChI is InChI=1S/C20H18N4OS2/c1-13-16(23-20(25-13)18-5-3-9-27-18)12-24-7-6-15-14(11-24)10-21-19(22-15)17-4-2-8-26-17/h2-5,8-10H,6-7,11-12H2,1H3. The van der Waals surface area contributed by atoms with Gasteiger partial charge in [0.25, 0.3) is 0 Å². The lowest BCUT2D eigenvalue weighted by Gasteiger charge is -2.27. The van der Waals surface area contributed by atoms with Crippen molar-refractivity contribution in [3.05, 3.63) is 63.9 Å². The first-order valence-electron chi connectivity index (χ1n) is 8.87. The predicted molar refractivity (Wildman–Crippen MR) is 108 cm³/mol. The molecule has 136 valence electrons. The van der Waals surface area contributed by atoms with Crippen molar-refractivity contribution in [1.82, 2.24) is 19.9 Å². The Bertz CT molecular complexity index is 1050. The summed E-state index contributed by atoms with van der Waals surface area (Å²) in [4.78, 5) is 18.7. The largest absolute Gasteiger partial charge is 0.440 e. The van der Waals surface area contributed by atoms with Gasteiger partial charge in [-0.25, -0.2) is 15.0 Å². The van der Waals surface area contributed by atoms with Crippen molar-refractivity contribution in [3.8, 4) is 21.5 Å². The van der Waals surface area contributed by atoms with Crippen LogP contribution in [0.25, 0.3) is 21.5 Å². The maximum atomic E-state index is 5.88. The van der Waals surface area contributed by atoms with E-state index in [0.717, 1.165) is 59.0 Å². The van der Waals surface area contributed by atoms with E-state index in [1.165, 1.54) is 11.3 Å². The normalized spacial score (nSPS) is 14.4. The lowest BCUT2D eigenvalue weighted by Crippen LogP contribution is -2.31. The lowest BCUT2D eigenvalue weighted by molar-refractivity contribution is 0.239. The van der Waals surface area contributed by atoms with Crippen LogP contribution in [0.1, 0.15) is 22.7 Å². The molecule has 0 radical (unpaired) electrons. The van der Waals surface area contributed by atoms with Crippen LogP contribution in [0, 0.1) is 6.92 Å². The third-order valence-electron chi connectivity index (χ3n) is 4.75. The van der Waals surface area contributed by atoms with Crippen LogP contribution in [-0.4, -0.2) is 26.4 Å². The average Bonchev–Trinajstić information content (AvgIpc) is 3.44. The Balaban J connectivity index is 1.33. The fourth-order valence-electron chi connectivity index (χ4n) is 3.33. The molecule has 5 nitrogen and oxygen atoms in total. The van der Waals surface area contributed by atoms with Gasteiger partial charge in [-0.2, -0.15) is 0 Å². The molecule has 0 saturated carbocycles. The number of aryl methyl sites for hydroxylation is 1. The summed E-state index contributed by atoms with van der Waals surface area (Å²) in [6.07, 6.45) is 2.92. The molecule has 5 heterocycles. The number of oxazole rings is 1. The number of rotatable bonds is 4. The van der Waals surface area contributed by atoms with Crippen LogP contribution in [0.2, 0.25) is 0 Å². The molecule has 4 aromatic rings. The van der Waals surface area contributed by atoms with Gasteiger partial charge in [0, 0.05) is 37.8 Å². The molecule has 0 aliphatic carbocycles. The number of nitrogens with zero attached hydrogens (tertiary/aromatic N) is 4. The highest BCUT2D eigenvalue weighted by Crippen LogP contribution is 2.28. The van der Waals surface area contributed by atoms with Gasteiger partial charge in [-0.1, -0.05) is 12.1 Å². The highest BCUT2D eigenvalue weighted by atomic mass is 32.1. The minimum atomic E-state index is 0.721. The van der Waals surface area contributed by atoms with Gasteiger partial charge < -0.3 is 4.42 Å². The fraction of sp³-hybridized carbons (Fsp3) is 0.250. The van der Waals surface area contributed by atoms with Gasteiger partial charge in [0.15, 0.2) is 5.82 Å². The van der Waals surface area contributed by atoms with Gasteiger partial charge in [0.05, 0.1) is 21.1 Å². The molecular formula is C20H18N4OS2. The molecule has 0 amide bonds. The third-order valence-corrected chi connectivity index (χ3v) is 6.48. The van der Waals surface area contributed by atoms with Gasteiger partial charge in [0.1, 0.15) is 5.76 Å². The summed E-state index contributed by atoms with van der Waals surface area (Å²) in [5.74, 6) is 2.46. The molecule has 0 bridgehead atoms. The molecule has 0 unspecified atom stereocenters. The summed E-state index contributed by atoms with van der Waals surface area (Å²) in [6.45, 7) is 4.59. The predicted octanol–water partition coefficient (Wildman–Crippen LogP) is 4.79. The SMILES string of the molecule is Cc1oc(-c2cccs2)nc1CN1CCc2nc(-c3cccs3)ncc2C1. The number of hydrogen-bond acceptors (Lipinski definition) is 7. The van der Waals surface area contributed by atoms with Gasteiger partial charge in [-0.15, -0.1) is 22.7 Å². The Morgan fingerprint density at radius 2 is 1.93 bits per heavy atom. The van der Waals surface area contributed by atoms with Crippen LogP contribution in [-0.2, 0) is 19.5 Å². The van der Waals surface area contributed by atoms with E-state index in [0.29, 0.717) is 0 Å². The average molecular weight is 395 g/mol. The molecule has 0 N–H and O–H groups in total. The van der Waals surface area contributed by atoms with Crippen molar-refractivity contribution in [1.29, 1.82) is 0 Å². The van der Waals surface area contributed by atoms with Crippen LogP contribution < -0.4 is 0 Å². The van der Waals surface area contributed by atoms with Gasteiger partial charge in [-0.05, 0) is 29.8 Å². The smallest absolute Gasteiger partial charge is 0.236 e. The molecule has 0 fully saturated rings. The maximum absolute atomic E-state index is 5.88. The van der Waals surface area contributed by atoms with Crippen LogP contribution in [0.5, 0.6) is 0 Å². The molecule has 0 aromatic carbocycles. The molecule has 5 rings (SSSR count). The van der Waals surface area contributed by atoms with E-state index in [-0.39, 0.29) is 0 Å². The van der Waals surface area contributed by atoms with E-state index in [1.807, 2.05) is 36.7 Å². The summed E-state index contributed by atoms with van der Waals surface area (Å²) in [5, 5.41) is 4.10. The molecule has 7 heteroatoms. The lowest BCUT2D eigenvalue weighted by atomic mass is 10.1. The molecule has 4 aromatic heterocycles. The first kappa shape index (κ1) is 16.8. The van der Waals surface area contributed by atoms with Crippen molar-refractivity contribution in [2.75, 3.05) is 6.54 Å². The second kappa shape index (κ2) is 6.99. The quantitative estimate of drug-likeness (QED) is 0.498. The summed E-state index contributed by atoms with van der Waals surface area (Å²) < 4.78 is 5.88. The van der Waals surface area contributed by atoms with E-state index < -0.39 is 0 Å². The summed E-state index contributed by atoms with van der Waals surface area (Å²) in [5.41, 5.74) is 3.39. The van der Waals surface area contributed by atoms with Gasteiger partial charge >= 0.3 is 0 Å². The van der Waals surface area contributed by atoms with E-state index in [4.69, 9.17) is 14.4 Å². The van der Waals surface area contributed by atoms with E-state index >= 15 is 0 Å². The second-order valence-corrected chi connectivity index (χ2v) is 8.50. The van der Waals surface area contributed by atoms with E-state index in [1.54, 1.807) is 22.7 Å². The van der Waals surface area contributed by atoms with E-state index in [2.05, 4.69) is 21.3 Å². The van der Waals surface area contributed by atoms with Crippen molar-refractivity contribution >= 4 is 22.7 Å². The number of thiophene rings is 2. The Hall–Kier alpha value is -2.35. The van der Waals surface area contributed by atoms with Crippen molar-refractivity contribution in [2.45, 2.75) is 26.4 Å². The number of aromatic nitrogens is 3. The fourth-order valence-corrected chi connectivity index (χ4v) is 4.64. The minimum absolute atomic E-state index is 0.721. The minimum Gasteiger partial charge on any atom is -0.440 e. The third kappa shape index (κ3) is 3.34. The summed E-state index contributed by atoms with van der Waals surface area (Å²) >= 11 is 3.33. The van der Waals surface area contributed by atoms with Crippen LogP contribution >= 0.6 is 22.7 Å². The molecule has 0 spiro atoms. The Morgan fingerprint density at radius 3 is 2.70 bits per heavy atom. The molecule has 1 aliphatic rings. The van der Waals surface area contributed by atoms with Crippen LogP contribution in [0.15, 0.2) is 45.6 Å². The molecule has 1 aliphatic heterocycles. The zero-order valence-corrected chi connectivity index (χ0v) is 16.5. The zero-order valence-electron chi connectivity index (χ0n) is 14.9. The molecule has 0 atom stereocenters. The molecular weight excluding hydrogens is 376 g/mol. The number of fused-ring (bicyclic) bond motifs is 1. The number of hydrogen-bond donors (Lipinski definition) is 0. The Kier molecular flexibility index (Phi) is 4.35. The second-order valence-electron chi connectivity index (χ2n) is 6.60. The highest BCUT2D eigenvalue weighted by Gasteiger charge is 2.21. The molecule has 27 heavy (non-hydrogen) atoms. The molecule has 0 saturated heterocycles. The van der Waals surface area contributed by atoms with E-state index in [9.17, 15) is 0 Å². The Morgan fingerprint density at radius 1 is 1.11 bits per heavy atom. The first-order chi connectivity index (χ1) is 13.3. The van der Waals surface area contributed by atoms with Gasteiger partial charge in [0.2, 0.25) is 5.89 Å². The van der Waals surface area contributed by atoms with Crippen LogP contribution in [0.4, 0.5) is 0 Å². The highest BCUT2D eigenvalue weighted by molar-refractivity contribution is 7.13. The summed E-state index contributed by atoms with van der Waals surface area (Å²) in [7, 11) is 0. The topological polar surface area (TPSA) is 55.1 Å². The summed E-state index contributed by atoms with van der Waals surface area (Å²) in [6, 6.07) is 8.17. The van der Waals surface area contributed by atoms with Crippen molar-refractivity contribution < 1.29 is 4.42 Å². The first-order valence-corrected chi connectivity index (χ1v) is 10.6. The zero-order chi connectivity index (χ0) is 18.2. The van der Waals surface area contributed by atoms with Crippen LogP contribution in [0.3, 0.4) is 0 Å². The van der Waals surface area contributed by atoms with Crippen molar-refractivity contribution in [2.24, 2.45) is 0 Å².